The minimum absolute atomic E-state index is 0.178. The Bertz CT molecular complexity index is 1040. The van der Waals surface area contributed by atoms with E-state index in [1.165, 1.54) is 0 Å². The van der Waals surface area contributed by atoms with Gasteiger partial charge in [-0.2, -0.15) is 15.0 Å². The fourth-order valence-corrected chi connectivity index (χ4v) is 3.37. The molecule has 0 saturated carbocycles. The summed E-state index contributed by atoms with van der Waals surface area (Å²) in [4.78, 5) is 14.2. The predicted molar refractivity (Wildman–Crippen MR) is 119 cm³/mol. The summed E-state index contributed by atoms with van der Waals surface area (Å²) < 4.78 is 16.4. The van der Waals surface area contributed by atoms with Gasteiger partial charge >= 0.3 is 0 Å². The zero-order chi connectivity index (χ0) is 22.4. The van der Waals surface area contributed by atoms with Gasteiger partial charge in [-0.05, 0) is 30.7 Å². The van der Waals surface area contributed by atoms with Gasteiger partial charge in [0.25, 0.3) is 0 Å². The van der Waals surface area contributed by atoms with Gasteiger partial charge in [0.05, 0.1) is 33.9 Å². The van der Waals surface area contributed by atoms with Crippen LogP contribution in [-0.4, -0.2) is 43.3 Å². The quantitative estimate of drug-likeness (QED) is 0.476. The summed E-state index contributed by atoms with van der Waals surface area (Å²) in [5.41, 5.74) is 8.93. The number of nitrogens with zero attached hydrogens (tertiary/aromatic N) is 3. The molecule has 0 bridgehead atoms. The first-order valence-corrected chi connectivity index (χ1v) is 9.87. The molecule has 0 aliphatic heterocycles. The average Bonchev–Trinajstić information content (AvgIpc) is 2.74. The van der Waals surface area contributed by atoms with Crippen LogP contribution in [0.3, 0.4) is 0 Å². The SMILES string of the molecule is COc1ccc(C[NH+](C)Cc2nc(N)nc(Nc3ccccc3C)n2)c(OC)c1OC. The molecule has 164 valence electrons. The van der Waals surface area contributed by atoms with Gasteiger partial charge in [0, 0.05) is 5.69 Å². The molecule has 31 heavy (non-hydrogen) atoms. The summed E-state index contributed by atoms with van der Waals surface area (Å²) in [5.74, 6) is 3.05. The van der Waals surface area contributed by atoms with Crippen molar-refractivity contribution in [3.63, 3.8) is 0 Å². The van der Waals surface area contributed by atoms with Crippen LogP contribution < -0.4 is 30.2 Å². The predicted octanol–water partition coefficient (Wildman–Crippen LogP) is 1.75. The number of nitrogens with two attached hydrogens (primary N) is 1. The average molecular weight is 426 g/mol. The Balaban J connectivity index is 1.77. The molecule has 1 heterocycles. The number of nitrogen functional groups attached to an aromatic ring is 1. The number of rotatable bonds is 9. The highest BCUT2D eigenvalue weighted by Gasteiger charge is 2.19. The molecular weight excluding hydrogens is 396 g/mol. The van der Waals surface area contributed by atoms with E-state index in [4.69, 9.17) is 19.9 Å². The number of ether oxygens (including phenoxy) is 3. The minimum atomic E-state index is 0.178. The molecule has 2 aromatic carbocycles. The molecule has 4 N–H and O–H groups in total. The topological polar surface area (TPSA) is 109 Å². The lowest BCUT2D eigenvalue weighted by atomic mass is 10.1. The summed E-state index contributed by atoms with van der Waals surface area (Å²) in [6, 6.07) is 11.8. The van der Waals surface area contributed by atoms with Crippen LogP contribution in [0.25, 0.3) is 0 Å². The number of nitrogens with one attached hydrogen (secondary N) is 2. The number of hydrogen-bond acceptors (Lipinski definition) is 8. The van der Waals surface area contributed by atoms with Crippen molar-refractivity contribution in [3.8, 4) is 17.2 Å². The maximum atomic E-state index is 5.93. The first kappa shape index (κ1) is 22.1. The van der Waals surface area contributed by atoms with Gasteiger partial charge < -0.3 is 30.2 Å². The van der Waals surface area contributed by atoms with Gasteiger partial charge in [0.15, 0.2) is 17.3 Å². The molecule has 0 spiro atoms. The van der Waals surface area contributed by atoms with E-state index in [-0.39, 0.29) is 5.95 Å². The maximum Gasteiger partial charge on any atom is 0.232 e. The van der Waals surface area contributed by atoms with Gasteiger partial charge in [-0.25, -0.2) is 0 Å². The van der Waals surface area contributed by atoms with Crippen molar-refractivity contribution in [2.75, 3.05) is 39.4 Å². The monoisotopic (exact) mass is 425 g/mol. The lowest BCUT2D eigenvalue weighted by molar-refractivity contribution is -0.908. The molecule has 1 aromatic heterocycles. The zero-order valence-corrected chi connectivity index (χ0v) is 18.5. The molecule has 1 unspecified atom stereocenters. The van der Waals surface area contributed by atoms with Crippen molar-refractivity contribution in [3.05, 3.63) is 53.3 Å². The molecule has 3 aromatic rings. The van der Waals surface area contributed by atoms with Gasteiger partial charge in [-0.15, -0.1) is 0 Å². The van der Waals surface area contributed by atoms with Crippen LogP contribution >= 0.6 is 0 Å². The normalized spacial score (nSPS) is 11.6. The van der Waals surface area contributed by atoms with Gasteiger partial charge in [-0.3, -0.25) is 0 Å². The highest BCUT2D eigenvalue weighted by atomic mass is 16.5. The van der Waals surface area contributed by atoms with Crippen LogP contribution in [0.5, 0.6) is 17.2 Å². The van der Waals surface area contributed by atoms with Crippen molar-refractivity contribution in [2.24, 2.45) is 0 Å². The van der Waals surface area contributed by atoms with Gasteiger partial charge in [0.1, 0.15) is 13.1 Å². The number of hydrogen-bond donors (Lipinski definition) is 3. The number of aryl methyl sites for hydroxylation is 1. The molecule has 0 radical (unpaired) electrons. The summed E-state index contributed by atoms with van der Waals surface area (Å²) in [7, 11) is 6.86. The molecule has 9 heteroatoms. The Hall–Kier alpha value is -3.59. The molecule has 1 atom stereocenters. The van der Waals surface area contributed by atoms with Crippen molar-refractivity contribution < 1.29 is 19.1 Å². The standard InChI is InChI=1S/C22H28N6O3/c1-14-8-6-7-9-16(14)24-22-26-18(25-21(23)27-22)13-28(2)12-15-10-11-17(29-3)20(31-5)19(15)30-4/h6-11H,12-13H2,1-5H3,(H3,23,24,25,26,27)/p+1. The first-order valence-electron chi connectivity index (χ1n) is 9.87. The fraction of sp³-hybridized carbons (Fsp3) is 0.318. The summed E-state index contributed by atoms with van der Waals surface area (Å²) in [6.07, 6.45) is 0. The van der Waals surface area contributed by atoms with Gasteiger partial charge in [-0.1, -0.05) is 18.2 Å². The Labute approximate surface area is 182 Å². The molecule has 9 nitrogen and oxygen atoms in total. The van der Waals surface area contributed by atoms with E-state index in [0.717, 1.165) is 21.7 Å². The minimum Gasteiger partial charge on any atom is -0.493 e. The number of aromatic nitrogens is 3. The van der Waals surface area contributed by atoms with Crippen LogP contribution in [0.2, 0.25) is 0 Å². The van der Waals surface area contributed by atoms with E-state index >= 15 is 0 Å². The second-order valence-electron chi connectivity index (χ2n) is 7.18. The summed E-state index contributed by atoms with van der Waals surface area (Å²) in [6.45, 7) is 3.23. The molecular formula is C22H29N6O3+. The number of methoxy groups -OCH3 is 3. The number of para-hydroxylation sites is 1. The number of benzene rings is 2. The molecule has 0 amide bonds. The summed E-state index contributed by atoms with van der Waals surface area (Å²) >= 11 is 0. The van der Waals surface area contributed by atoms with E-state index in [1.54, 1.807) is 21.3 Å². The van der Waals surface area contributed by atoms with Crippen molar-refractivity contribution in [1.29, 1.82) is 0 Å². The van der Waals surface area contributed by atoms with Crippen LogP contribution in [0.1, 0.15) is 17.0 Å². The second kappa shape index (κ2) is 9.94. The summed E-state index contributed by atoms with van der Waals surface area (Å²) in [5, 5.41) is 3.22. The van der Waals surface area contributed by atoms with E-state index in [9.17, 15) is 0 Å². The lowest BCUT2D eigenvalue weighted by Gasteiger charge is -2.18. The highest BCUT2D eigenvalue weighted by molar-refractivity contribution is 5.58. The number of quaternary nitrogens is 1. The largest absolute Gasteiger partial charge is 0.493 e. The Morgan fingerprint density at radius 2 is 1.65 bits per heavy atom. The number of anilines is 3. The van der Waals surface area contributed by atoms with E-state index in [2.05, 4.69) is 20.3 Å². The molecule has 0 saturated heterocycles. The van der Waals surface area contributed by atoms with E-state index in [1.807, 2.05) is 50.4 Å². The third-order valence-electron chi connectivity index (χ3n) is 4.83. The first-order chi connectivity index (χ1) is 14.9. The third kappa shape index (κ3) is 5.32. The molecule has 3 rings (SSSR count). The zero-order valence-electron chi connectivity index (χ0n) is 18.5. The Morgan fingerprint density at radius 1 is 0.903 bits per heavy atom. The van der Waals surface area contributed by atoms with Crippen molar-refractivity contribution in [1.82, 2.24) is 15.0 Å². The highest BCUT2D eigenvalue weighted by Crippen LogP contribution is 2.39. The second-order valence-corrected chi connectivity index (χ2v) is 7.18. The van der Waals surface area contributed by atoms with Crippen LogP contribution in [0.4, 0.5) is 17.6 Å². The van der Waals surface area contributed by atoms with Crippen LogP contribution in [0.15, 0.2) is 36.4 Å². The van der Waals surface area contributed by atoms with Crippen LogP contribution in [0, 0.1) is 6.92 Å². The van der Waals surface area contributed by atoms with Crippen molar-refractivity contribution in [2.45, 2.75) is 20.0 Å². The maximum absolute atomic E-state index is 5.93. The van der Waals surface area contributed by atoms with Crippen molar-refractivity contribution >= 4 is 17.6 Å². The van der Waals surface area contributed by atoms with Crippen LogP contribution in [-0.2, 0) is 13.1 Å². The van der Waals surface area contributed by atoms with Gasteiger partial charge in [0.2, 0.25) is 17.6 Å². The molecule has 0 fully saturated rings. The molecule has 0 aliphatic rings. The Morgan fingerprint density at radius 3 is 2.32 bits per heavy atom. The van der Waals surface area contributed by atoms with E-state index in [0.29, 0.717) is 42.1 Å². The van der Waals surface area contributed by atoms with E-state index < -0.39 is 0 Å². The molecule has 0 aliphatic carbocycles. The lowest BCUT2D eigenvalue weighted by Crippen LogP contribution is -3.06. The third-order valence-corrected chi connectivity index (χ3v) is 4.83. The fourth-order valence-electron chi connectivity index (χ4n) is 3.37. The Kier molecular flexibility index (Phi) is 7.09. The smallest absolute Gasteiger partial charge is 0.232 e.